The monoisotopic (exact) mass is 334 g/mol. The van der Waals surface area contributed by atoms with Crippen LogP contribution in [0.4, 0.5) is 0 Å². The van der Waals surface area contributed by atoms with Crippen molar-refractivity contribution < 1.29 is 9.59 Å². The number of likely N-dealkylation sites (N-methyl/N-ethyl adjacent to an activating group) is 1. The minimum Gasteiger partial charge on any atom is -0.355 e. The Hall–Kier alpha value is -2.15. The number of amides is 2. The predicted octanol–water partition coefficient (Wildman–Crippen LogP) is 0.0705. The van der Waals surface area contributed by atoms with Crippen LogP contribution in [0.25, 0.3) is 0 Å². The van der Waals surface area contributed by atoms with E-state index in [2.05, 4.69) is 5.32 Å². The Labute approximate surface area is 142 Å². The lowest BCUT2D eigenvalue weighted by Gasteiger charge is -2.34. The molecule has 1 N–H and O–H groups in total. The first kappa shape index (κ1) is 18.2. The zero-order valence-electron chi connectivity index (χ0n) is 14.7. The highest BCUT2D eigenvalue weighted by atomic mass is 16.2. The maximum absolute atomic E-state index is 12.6. The number of carbonyl (C=O) groups is 2. The zero-order chi connectivity index (χ0) is 17.7. The molecule has 0 spiro atoms. The van der Waals surface area contributed by atoms with E-state index in [9.17, 15) is 14.4 Å². The summed E-state index contributed by atoms with van der Waals surface area (Å²) in [5.74, 6) is -0.221. The number of nitrogens with one attached hydrogen (secondary N) is 1. The van der Waals surface area contributed by atoms with Crippen molar-refractivity contribution in [2.24, 2.45) is 0 Å². The van der Waals surface area contributed by atoms with Gasteiger partial charge < -0.3 is 14.8 Å². The normalized spacial score (nSPS) is 15.4. The third-order valence-electron chi connectivity index (χ3n) is 4.34. The summed E-state index contributed by atoms with van der Waals surface area (Å²) in [5, 5.41) is 2.77. The van der Waals surface area contributed by atoms with Crippen molar-refractivity contribution in [3.8, 4) is 0 Å². The second-order valence-electron chi connectivity index (χ2n) is 5.96. The van der Waals surface area contributed by atoms with Crippen LogP contribution in [0.2, 0.25) is 0 Å². The molecular formula is C17H26N4O3. The fraction of sp³-hybridized carbons (Fsp3) is 0.588. The van der Waals surface area contributed by atoms with E-state index in [1.165, 1.54) is 0 Å². The SMILES string of the molecule is CCNC(=O)CN1CCN(C(=O)c2ccc(C)n(CC)c2=O)CC1. The van der Waals surface area contributed by atoms with Gasteiger partial charge in [-0.05, 0) is 32.9 Å². The number of carbonyl (C=O) groups excluding carboxylic acids is 2. The first-order chi connectivity index (χ1) is 11.5. The Morgan fingerprint density at radius 3 is 2.38 bits per heavy atom. The Kier molecular flexibility index (Phi) is 6.14. The van der Waals surface area contributed by atoms with E-state index in [0.717, 1.165) is 5.69 Å². The lowest BCUT2D eigenvalue weighted by Crippen LogP contribution is -2.51. The Morgan fingerprint density at radius 1 is 1.12 bits per heavy atom. The molecule has 0 atom stereocenters. The zero-order valence-corrected chi connectivity index (χ0v) is 14.7. The summed E-state index contributed by atoms with van der Waals surface area (Å²) in [7, 11) is 0. The molecule has 0 aliphatic carbocycles. The third-order valence-corrected chi connectivity index (χ3v) is 4.34. The Morgan fingerprint density at radius 2 is 1.79 bits per heavy atom. The van der Waals surface area contributed by atoms with Crippen molar-refractivity contribution in [2.75, 3.05) is 39.3 Å². The van der Waals surface area contributed by atoms with Gasteiger partial charge in [0.1, 0.15) is 5.56 Å². The van der Waals surface area contributed by atoms with E-state index in [0.29, 0.717) is 45.8 Å². The molecule has 1 fully saturated rings. The summed E-state index contributed by atoms with van der Waals surface area (Å²) < 4.78 is 1.61. The highest BCUT2D eigenvalue weighted by Crippen LogP contribution is 2.07. The van der Waals surface area contributed by atoms with Crippen LogP contribution in [-0.2, 0) is 11.3 Å². The average Bonchev–Trinajstić information content (AvgIpc) is 2.56. The van der Waals surface area contributed by atoms with Gasteiger partial charge in [-0.3, -0.25) is 19.3 Å². The molecule has 7 nitrogen and oxygen atoms in total. The maximum atomic E-state index is 12.6. The summed E-state index contributed by atoms with van der Waals surface area (Å²) >= 11 is 0. The van der Waals surface area contributed by atoms with E-state index in [4.69, 9.17) is 0 Å². The van der Waals surface area contributed by atoms with E-state index in [-0.39, 0.29) is 22.9 Å². The summed E-state index contributed by atoms with van der Waals surface area (Å²) in [6, 6.07) is 3.43. The maximum Gasteiger partial charge on any atom is 0.263 e. The number of rotatable bonds is 5. The fourth-order valence-electron chi connectivity index (χ4n) is 2.96. The molecule has 2 amide bonds. The van der Waals surface area contributed by atoms with Gasteiger partial charge in [0.05, 0.1) is 6.54 Å². The molecular weight excluding hydrogens is 308 g/mol. The first-order valence-corrected chi connectivity index (χ1v) is 8.46. The molecule has 2 heterocycles. The molecule has 1 aromatic heterocycles. The Bertz CT molecular complexity index is 660. The van der Waals surface area contributed by atoms with E-state index >= 15 is 0 Å². The largest absolute Gasteiger partial charge is 0.355 e. The van der Waals surface area contributed by atoms with Gasteiger partial charge in [-0.1, -0.05) is 0 Å². The smallest absolute Gasteiger partial charge is 0.263 e. The molecule has 1 saturated heterocycles. The number of aryl methyl sites for hydroxylation is 1. The summed E-state index contributed by atoms with van der Waals surface area (Å²) in [5.41, 5.74) is 0.845. The van der Waals surface area contributed by atoms with Crippen LogP contribution in [0.15, 0.2) is 16.9 Å². The van der Waals surface area contributed by atoms with Gasteiger partial charge in [0, 0.05) is 45.0 Å². The summed E-state index contributed by atoms with van der Waals surface area (Å²) in [4.78, 5) is 40.4. The highest BCUT2D eigenvalue weighted by Gasteiger charge is 2.25. The number of hydrogen-bond acceptors (Lipinski definition) is 4. The van der Waals surface area contributed by atoms with Crippen LogP contribution in [0.5, 0.6) is 0 Å². The van der Waals surface area contributed by atoms with Crippen LogP contribution in [0.1, 0.15) is 29.9 Å². The molecule has 7 heteroatoms. The molecule has 0 bridgehead atoms. The molecule has 0 unspecified atom stereocenters. The first-order valence-electron chi connectivity index (χ1n) is 8.46. The molecule has 0 saturated carbocycles. The number of aromatic nitrogens is 1. The summed E-state index contributed by atoms with van der Waals surface area (Å²) in [6.07, 6.45) is 0. The predicted molar refractivity (Wildman–Crippen MR) is 92.1 cm³/mol. The van der Waals surface area contributed by atoms with Crippen molar-refractivity contribution in [3.05, 3.63) is 33.7 Å². The van der Waals surface area contributed by atoms with Crippen molar-refractivity contribution in [3.63, 3.8) is 0 Å². The van der Waals surface area contributed by atoms with E-state index in [1.807, 2.05) is 31.7 Å². The van der Waals surface area contributed by atoms with Crippen LogP contribution >= 0.6 is 0 Å². The van der Waals surface area contributed by atoms with Gasteiger partial charge in [-0.15, -0.1) is 0 Å². The lowest BCUT2D eigenvalue weighted by molar-refractivity contribution is -0.122. The van der Waals surface area contributed by atoms with Crippen LogP contribution in [0, 0.1) is 6.92 Å². The number of piperazine rings is 1. The van der Waals surface area contributed by atoms with Crippen LogP contribution in [-0.4, -0.2) is 65.4 Å². The molecule has 2 rings (SSSR count). The summed E-state index contributed by atoms with van der Waals surface area (Å²) in [6.45, 7) is 9.48. The molecule has 1 aromatic rings. The van der Waals surface area contributed by atoms with Gasteiger partial charge in [0.15, 0.2) is 0 Å². The lowest BCUT2D eigenvalue weighted by atomic mass is 10.2. The van der Waals surface area contributed by atoms with Crippen molar-refractivity contribution in [2.45, 2.75) is 27.3 Å². The minimum atomic E-state index is -0.229. The van der Waals surface area contributed by atoms with Gasteiger partial charge in [-0.25, -0.2) is 0 Å². The third kappa shape index (κ3) is 4.03. The van der Waals surface area contributed by atoms with E-state index < -0.39 is 0 Å². The van der Waals surface area contributed by atoms with Crippen LogP contribution < -0.4 is 10.9 Å². The standard InChI is InChI=1S/C17H26N4O3/c1-4-18-15(22)12-19-8-10-20(11-9-19)16(23)14-7-6-13(3)21(5-2)17(14)24/h6-7H,4-5,8-12H2,1-3H3,(H,18,22). The van der Waals surface area contributed by atoms with Crippen molar-refractivity contribution >= 4 is 11.8 Å². The molecule has 1 aliphatic heterocycles. The molecule has 24 heavy (non-hydrogen) atoms. The van der Waals surface area contributed by atoms with Crippen molar-refractivity contribution in [1.29, 1.82) is 0 Å². The second kappa shape index (κ2) is 8.10. The van der Waals surface area contributed by atoms with Gasteiger partial charge in [0.2, 0.25) is 5.91 Å². The second-order valence-corrected chi connectivity index (χ2v) is 5.96. The Balaban J connectivity index is 2.01. The highest BCUT2D eigenvalue weighted by molar-refractivity contribution is 5.94. The molecule has 132 valence electrons. The quantitative estimate of drug-likeness (QED) is 0.827. The van der Waals surface area contributed by atoms with Gasteiger partial charge in [-0.2, -0.15) is 0 Å². The van der Waals surface area contributed by atoms with Crippen molar-refractivity contribution in [1.82, 2.24) is 19.7 Å². The van der Waals surface area contributed by atoms with E-state index in [1.54, 1.807) is 15.5 Å². The fourth-order valence-corrected chi connectivity index (χ4v) is 2.96. The number of hydrogen-bond donors (Lipinski definition) is 1. The average molecular weight is 334 g/mol. The molecule has 0 aromatic carbocycles. The molecule has 0 radical (unpaired) electrons. The molecule has 1 aliphatic rings. The van der Waals surface area contributed by atoms with Gasteiger partial charge in [0.25, 0.3) is 11.5 Å². The van der Waals surface area contributed by atoms with Gasteiger partial charge >= 0.3 is 0 Å². The van der Waals surface area contributed by atoms with Crippen LogP contribution in [0.3, 0.4) is 0 Å². The minimum absolute atomic E-state index is 0.00152. The number of nitrogens with zero attached hydrogens (tertiary/aromatic N) is 3. The topological polar surface area (TPSA) is 74.7 Å². The number of pyridine rings is 1.